The number of hydrogen-bond donors (Lipinski definition) is 0. The number of carbonyl (C=O) groups is 1. The first-order valence-corrected chi connectivity index (χ1v) is 6.68. The summed E-state index contributed by atoms with van der Waals surface area (Å²) >= 11 is 6.10. The second-order valence-corrected chi connectivity index (χ2v) is 4.69. The highest BCUT2D eigenvalue weighted by molar-refractivity contribution is 6.32. The number of rotatable bonds is 6. The zero-order chi connectivity index (χ0) is 13.1. The van der Waals surface area contributed by atoms with Gasteiger partial charge in [-0.2, -0.15) is 0 Å². The third-order valence-corrected chi connectivity index (χ3v) is 3.14. The van der Waals surface area contributed by atoms with E-state index in [1.54, 1.807) is 12.1 Å². The summed E-state index contributed by atoms with van der Waals surface area (Å²) in [6, 6.07) is 3.38. The summed E-state index contributed by atoms with van der Waals surface area (Å²) < 4.78 is 10.9. The van der Waals surface area contributed by atoms with E-state index < -0.39 is 0 Å². The minimum absolute atomic E-state index is 0.135. The molecule has 1 saturated carbocycles. The van der Waals surface area contributed by atoms with Crippen molar-refractivity contribution in [2.24, 2.45) is 5.92 Å². The molecule has 0 atom stereocenters. The largest absolute Gasteiger partial charge is 0.493 e. The van der Waals surface area contributed by atoms with Gasteiger partial charge in [0.05, 0.1) is 23.8 Å². The van der Waals surface area contributed by atoms with Crippen molar-refractivity contribution in [2.45, 2.75) is 26.7 Å². The minimum atomic E-state index is 0.135. The lowest BCUT2D eigenvalue weighted by atomic mass is 10.1. The predicted octanol–water partition coefficient (Wildman–Crippen LogP) is 3.73. The fourth-order valence-electron chi connectivity index (χ4n) is 1.83. The van der Waals surface area contributed by atoms with Gasteiger partial charge in [0, 0.05) is 12.0 Å². The molecule has 2 rings (SSSR count). The van der Waals surface area contributed by atoms with Crippen LogP contribution in [0.4, 0.5) is 0 Å². The van der Waals surface area contributed by atoms with Crippen LogP contribution < -0.4 is 9.47 Å². The Morgan fingerprint density at radius 3 is 2.39 bits per heavy atom. The Labute approximate surface area is 112 Å². The molecule has 3 nitrogen and oxygen atoms in total. The molecule has 18 heavy (non-hydrogen) atoms. The number of ketones is 1. The summed E-state index contributed by atoms with van der Waals surface area (Å²) in [6.45, 7) is 4.80. The zero-order valence-corrected chi connectivity index (χ0v) is 11.4. The molecule has 1 aliphatic carbocycles. The average molecular weight is 269 g/mol. The van der Waals surface area contributed by atoms with Gasteiger partial charge in [0.15, 0.2) is 5.78 Å². The molecule has 0 N–H and O–H groups in total. The molecule has 0 heterocycles. The highest BCUT2D eigenvalue weighted by atomic mass is 35.5. The van der Waals surface area contributed by atoms with Crippen molar-refractivity contribution in [3.05, 3.63) is 22.7 Å². The number of carbonyl (C=O) groups excluding carboxylic acids is 1. The van der Waals surface area contributed by atoms with Gasteiger partial charge in [-0.05, 0) is 32.8 Å². The summed E-state index contributed by atoms with van der Waals surface area (Å²) in [6.07, 6.45) is 1.94. The van der Waals surface area contributed by atoms with Crippen LogP contribution in [0.2, 0.25) is 5.02 Å². The molecule has 0 aliphatic heterocycles. The molecule has 4 heteroatoms. The number of benzene rings is 1. The fraction of sp³-hybridized carbons (Fsp3) is 0.500. The van der Waals surface area contributed by atoms with E-state index in [4.69, 9.17) is 21.1 Å². The van der Waals surface area contributed by atoms with Gasteiger partial charge in [0.2, 0.25) is 0 Å². The van der Waals surface area contributed by atoms with Crippen LogP contribution in [0, 0.1) is 5.92 Å². The Balaban J connectivity index is 2.38. The maximum atomic E-state index is 12.2. The second-order valence-electron chi connectivity index (χ2n) is 4.28. The fourth-order valence-corrected chi connectivity index (χ4v) is 2.04. The monoisotopic (exact) mass is 268 g/mol. The van der Waals surface area contributed by atoms with Crippen LogP contribution in [0.15, 0.2) is 12.1 Å². The molecule has 1 fully saturated rings. The Kier molecular flexibility index (Phi) is 4.12. The summed E-state index contributed by atoms with van der Waals surface area (Å²) in [4.78, 5) is 12.2. The second kappa shape index (κ2) is 5.61. The van der Waals surface area contributed by atoms with Crippen LogP contribution in [0.5, 0.6) is 11.5 Å². The van der Waals surface area contributed by atoms with Gasteiger partial charge >= 0.3 is 0 Å². The molecule has 1 aromatic carbocycles. The lowest BCUT2D eigenvalue weighted by Crippen LogP contribution is -2.07. The van der Waals surface area contributed by atoms with Crippen LogP contribution in [0.1, 0.15) is 37.0 Å². The smallest absolute Gasteiger partial charge is 0.169 e. The van der Waals surface area contributed by atoms with E-state index >= 15 is 0 Å². The molecule has 0 unspecified atom stereocenters. The molecule has 0 spiro atoms. The standard InChI is InChI=1S/C14H17ClO3/c1-3-17-12-8-11(15)13(18-4-2)7-10(12)14(16)9-5-6-9/h7-9H,3-6H2,1-2H3. The summed E-state index contributed by atoms with van der Waals surface area (Å²) in [5.41, 5.74) is 0.590. The minimum Gasteiger partial charge on any atom is -0.493 e. The lowest BCUT2D eigenvalue weighted by Gasteiger charge is -2.13. The SMILES string of the molecule is CCOc1cc(C(=O)C2CC2)c(OCC)cc1Cl. The number of hydrogen-bond acceptors (Lipinski definition) is 3. The van der Waals surface area contributed by atoms with E-state index in [1.165, 1.54) is 0 Å². The van der Waals surface area contributed by atoms with Crippen LogP contribution in [0.25, 0.3) is 0 Å². The first kappa shape index (κ1) is 13.2. The van der Waals surface area contributed by atoms with Crippen molar-refractivity contribution in [1.29, 1.82) is 0 Å². The summed E-state index contributed by atoms with van der Waals surface area (Å²) in [5, 5.41) is 0.479. The van der Waals surface area contributed by atoms with Gasteiger partial charge in [0.1, 0.15) is 11.5 Å². The maximum Gasteiger partial charge on any atom is 0.169 e. The zero-order valence-electron chi connectivity index (χ0n) is 10.7. The number of halogens is 1. The Morgan fingerprint density at radius 2 is 1.83 bits per heavy atom. The van der Waals surface area contributed by atoms with Crippen molar-refractivity contribution in [3.63, 3.8) is 0 Å². The van der Waals surface area contributed by atoms with E-state index in [2.05, 4.69) is 0 Å². The first-order chi connectivity index (χ1) is 8.67. The molecule has 0 bridgehead atoms. The van der Waals surface area contributed by atoms with E-state index in [0.717, 1.165) is 12.8 Å². The van der Waals surface area contributed by atoms with Gasteiger partial charge in [-0.1, -0.05) is 11.6 Å². The first-order valence-electron chi connectivity index (χ1n) is 6.30. The predicted molar refractivity (Wildman–Crippen MR) is 70.8 cm³/mol. The molecule has 1 aliphatic rings. The Bertz CT molecular complexity index is 453. The highest BCUT2D eigenvalue weighted by Crippen LogP contribution is 2.39. The lowest BCUT2D eigenvalue weighted by molar-refractivity contribution is 0.0963. The molecular formula is C14H17ClO3. The van der Waals surface area contributed by atoms with Crippen molar-refractivity contribution < 1.29 is 14.3 Å². The Morgan fingerprint density at radius 1 is 1.22 bits per heavy atom. The molecule has 0 aromatic heterocycles. The highest BCUT2D eigenvalue weighted by Gasteiger charge is 2.32. The van der Waals surface area contributed by atoms with E-state index in [0.29, 0.717) is 35.3 Å². The van der Waals surface area contributed by atoms with Crippen molar-refractivity contribution in [1.82, 2.24) is 0 Å². The van der Waals surface area contributed by atoms with Crippen LogP contribution in [0.3, 0.4) is 0 Å². The Hall–Kier alpha value is -1.22. The van der Waals surface area contributed by atoms with Crippen LogP contribution >= 0.6 is 11.6 Å². The number of ether oxygens (including phenoxy) is 2. The quantitative estimate of drug-likeness (QED) is 0.738. The van der Waals surface area contributed by atoms with Crippen molar-refractivity contribution in [2.75, 3.05) is 13.2 Å². The molecule has 0 saturated heterocycles. The van der Waals surface area contributed by atoms with Gasteiger partial charge in [-0.3, -0.25) is 4.79 Å². The van der Waals surface area contributed by atoms with Crippen molar-refractivity contribution in [3.8, 4) is 11.5 Å². The van der Waals surface area contributed by atoms with E-state index in [-0.39, 0.29) is 11.7 Å². The molecular weight excluding hydrogens is 252 g/mol. The molecule has 0 amide bonds. The third kappa shape index (κ3) is 2.78. The summed E-state index contributed by atoms with van der Waals surface area (Å²) in [7, 11) is 0. The molecule has 98 valence electrons. The summed E-state index contributed by atoms with van der Waals surface area (Å²) in [5.74, 6) is 1.39. The van der Waals surface area contributed by atoms with Crippen LogP contribution in [-0.2, 0) is 0 Å². The third-order valence-electron chi connectivity index (χ3n) is 2.85. The van der Waals surface area contributed by atoms with E-state index in [1.807, 2.05) is 13.8 Å². The van der Waals surface area contributed by atoms with Gasteiger partial charge in [-0.25, -0.2) is 0 Å². The normalized spacial score (nSPS) is 14.4. The molecule has 0 radical (unpaired) electrons. The van der Waals surface area contributed by atoms with Gasteiger partial charge in [-0.15, -0.1) is 0 Å². The topological polar surface area (TPSA) is 35.5 Å². The van der Waals surface area contributed by atoms with Crippen molar-refractivity contribution >= 4 is 17.4 Å². The average Bonchev–Trinajstić information content (AvgIpc) is 3.16. The van der Waals surface area contributed by atoms with E-state index in [9.17, 15) is 4.79 Å². The number of Topliss-reactive ketones (excluding diaryl/α,β-unsaturated/α-hetero) is 1. The van der Waals surface area contributed by atoms with Gasteiger partial charge < -0.3 is 9.47 Å². The maximum absolute atomic E-state index is 12.2. The molecule has 1 aromatic rings. The van der Waals surface area contributed by atoms with Crippen LogP contribution in [-0.4, -0.2) is 19.0 Å². The van der Waals surface area contributed by atoms with Gasteiger partial charge in [0.25, 0.3) is 0 Å².